The topological polar surface area (TPSA) is 44.2 Å². The number of ether oxygens (including phenoxy) is 2. The molecule has 0 fully saturated rings. The summed E-state index contributed by atoms with van der Waals surface area (Å²) in [5.41, 5.74) is 1.59. The van der Waals surface area contributed by atoms with E-state index in [1.807, 2.05) is 32.9 Å². The van der Waals surface area contributed by atoms with Crippen LogP contribution in [-0.2, 0) is 0 Å². The van der Waals surface area contributed by atoms with Gasteiger partial charge in [-0.05, 0) is 45.0 Å². The van der Waals surface area contributed by atoms with E-state index in [1.165, 1.54) is 0 Å². The second-order valence-corrected chi connectivity index (χ2v) is 4.35. The van der Waals surface area contributed by atoms with Gasteiger partial charge in [0.1, 0.15) is 11.5 Å². The first-order valence-electron chi connectivity index (χ1n) is 6.01. The summed E-state index contributed by atoms with van der Waals surface area (Å²) in [6.07, 6.45) is 0. The first-order valence-corrected chi connectivity index (χ1v) is 6.39. The lowest BCUT2D eigenvalue weighted by Crippen LogP contribution is -1.97. The van der Waals surface area contributed by atoms with Crippen LogP contribution in [0.15, 0.2) is 24.3 Å². The fraction of sp³-hybridized carbons (Fsp3) is 0.286. The number of hydrogen-bond acceptors (Lipinski definition) is 4. The molecule has 0 unspecified atom stereocenters. The zero-order valence-corrected chi connectivity index (χ0v) is 11.9. The highest BCUT2D eigenvalue weighted by molar-refractivity contribution is 6.30. The molecule has 1 aromatic carbocycles. The van der Waals surface area contributed by atoms with Gasteiger partial charge in [-0.25, -0.2) is 9.97 Å². The van der Waals surface area contributed by atoms with Crippen LogP contribution in [0.4, 0.5) is 0 Å². The molecule has 0 aliphatic carbocycles. The van der Waals surface area contributed by atoms with Gasteiger partial charge in [-0.15, -0.1) is 0 Å². The number of hydrogen-bond donors (Lipinski definition) is 0. The van der Waals surface area contributed by atoms with Crippen LogP contribution in [0, 0.1) is 13.8 Å². The van der Waals surface area contributed by atoms with E-state index < -0.39 is 0 Å². The molecular weight excluding hydrogens is 264 g/mol. The van der Waals surface area contributed by atoms with Crippen molar-refractivity contribution >= 4 is 11.6 Å². The third-order valence-electron chi connectivity index (χ3n) is 2.58. The Labute approximate surface area is 117 Å². The lowest BCUT2D eigenvalue weighted by Gasteiger charge is -2.09. The quantitative estimate of drug-likeness (QED) is 0.850. The number of nitrogens with zero attached hydrogens (tertiary/aromatic N) is 2. The molecule has 19 heavy (non-hydrogen) atoms. The number of aromatic nitrogens is 2. The summed E-state index contributed by atoms with van der Waals surface area (Å²) in [5.74, 6) is 1.75. The summed E-state index contributed by atoms with van der Waals surface area (Å²) >= 11 is 6.01. The van der Waals surface area contributed by atoms with Crippen LogP contribution < -0.4 is 9.47 Å². The highest BCUT2D eigenvalue weighted by Crippen LogP contribution is 2.27. The van der Waals surface area contributed by atoms with Crippen molar-refractivity contribution in [1.82, 2.24) is 9.97 Å². The standard InChI is InChI=1S/C14H15ClN2O2/c1-4-18-11-5-7-12(8-6-11)19-14-13(15)16-9(2)10(3)17-14/h5-8H,4H2,1-3H3. The molecule has 2 rings (SSSR count). The van der Waals surface area contributed by atoms with Crippen LogP contribution in [0.25, 0.3) is 0 Å². The molecule has 0 radical (unpaired) electrons. The Morgan fingerprint density at radius 3 is 2.21 bits per heavy atom. The van der Waals surface area contributed by atoms with Crippen molar-refractivity contribution in [2.45, 2.75) is 20.8 Å². The van der Waals surface area contributed by atoms with Gasteiger partial charge in [0.2, 0.25) is 0 Å². The van der Waals surface area contributed by atoms with Crippen molar-refractivity contribution in [3.63, 3.8) is 0 Å². The van der Waals surface area contributed by atoms with Gasteiger partial charge < -0.3 is 9.47 Å². The van der Waals surface area contributed by atoms with Gasteiger partial charge in [0, 0.05) is 0 Å². The van der Waals surface area contributed by atoms with Gasteiger partial charge in [0.05, 0.1) is 18.0 Å². The van der Waals surface area contributed by atoms with Gasteiger partial charge in [-0.3, -0.25) is 0 Å². The Morgan fingerprint density at radius 1 is 1.00 bits per heavy atom. The first kappa shape index (κ1) is 13.6. The Balaban J connectivity index is 2.19. The highest BCUT2D eigenvalue weighted by Gasteiger charge is 2.09. The van der Waals surface area contributed by atoms with E-state index in [0.717, 1.165) is 17.1 Å². The second-order valence-electron chi connectivity index (χ2n) is 4.00. The summed E-state index contributed by atoms with van der Waals surface area (Å²) in [7, 11) is 0. The number of halogens is 1. The first-order chi connectivity index (χ1) is 9.10. The minimum Gasteiger partial charge on any atom is -0.494 e. The van der Waals surface area contributed by atoms with E-state index in [9.17, 15) is 0 Å². The largest absolute Gasteiger partial charge is 0.494 e. The summed E-state index contributed by atoms with van der Waals surface area (Å²) in [6.45, 7) is 6.29. The molecule has 1 aromatic heterocycles. The van der Waals surface area contributed by atoms with Crippen LogP contribution in [0.5, 0.6) is 17.4 Å². The van der Waals surface area contributed by atoms with Gasteiger partial charge in [0.15, 0.2) is 5.15 Å². The van der Waals surface area contributed by atoms with Crippen LogP contribution in [-0.4, -0.2) is 16.6 Å². The zero-order valence-electron chi connectivity index (χ0n) is 11.1. The van der Waals surface area contributed by atoms with Crippen molar-refractivity contribution in [3.8, 4) is 17.4 Å². The average molecular weight is 279 g/mol. The van der Waals surface area contributed by atoms with E-state index in [2.05, 4.69) is 9.97 Å². The van der Waals surface area contributed by atoms with Crippen molar-refractivity contribution in [3.05, 3.63) is 40.8 Å². The summed E-state index contributed by atoms with van der Waals surface area (Å²) in [4.78, 5) is 8.45. The van der Waals surface area contributed by atoms with Crippen LogP contribution >= 0.6 is 11.6 Å². The molecular formula is C14H15ClN2O2. The highest BCUT2D eigenvalue weighted by atomic mass is 35.5. The van der Waals surface area contributed by atoms with Crippen LogP contribution in [0.2, 0.25) is 5.15 Å². The van der Waals surface area contributed by atoms with E-state index in [4.69, 9.17) is 21.1 Å². The molecule has 5 heteroatoms. The van der Waals surface area contributed by atoms with Gasteiger partial charge in [0.25, 0.3) is 5.88 Å². The summed E-state index contributed by atoms with van der Waals surface area (Å²) < 4.78 is 11.0. The molecule has 4 nitrogen and oxygen atoms in total. The Hall–Kier alpha value is -1.81. The third kappa shape index (κ3) is 3.35. The van der Waals surface area contributed by atoms with E-state index in [0.29, 0.717) is 18.2 Å². The molecule has 2 aromatic rings. The minimum absolute atomic E-state index is 0.261. The van der Waals surface area contributed by atoms with Gasteiger partial charge >= 0.3 is 0 Å². The second kappa shape index (κ2) is 5.89. The van der Waals surface area contributed by atoms with E-state index in [-0.39, 0.29) is 5.15 Å². The van der Waals surface area contributed by atoms with Gasteiger partial charge in [-0.1, -0.05) is 11.6 Å². The lowest BCUT2D eigenvalue weighted by molar-refractivity contribution is 0.339. The lowest BCUT2D eigenvalue weighted by atomic mass is 10.3. The van der Waals surface area contributed by atoms with Crippen LogP contribution in [0.1, 0.15) is 18.3 Å². The van der Waals surface area contributed by atoms with Crippen molar-refractivity contribution in [2.75, 3.05) is 6.61 Å². The number of rotatable bonds is 4. The normalized spacial score (nSPS) is 10.3. The Kier molecular flexibility index (Phi) is 4.22. The molecule has 0 spiro atoms. The fourth-order valence-electron chi connectivity index (χ4n) is 1.50. The molecule has 0 amide bonds. The molecule has 0 bridgehead atoms. The molecule has 1 heterocycles. The van der Waals surface area contributed by atoms with E-state index >= 15 is 0 Å². The van der Waals surface area contributed by atoms with Crippen molar-refractivity contribution in [1.29, 1.82) is 0 Å². The van der Waals surface area contributed by atoms with Gasteiger partial charge in [-0.2, -0.15) is 0 Å². The Morgan fingerprint density at radius 2 is 1.58 bits per heavy atom. The molecule has 0 aliphatic heterocycles. The molecule has 100 valence electrons. The fourth-order valence-corrected chi connectivity index (χ4v) is 1.71. The minimum atomic E-state index is 0.261. The molecule has 0 saturated heterocycles. The maximum atomic E-state index is 6.01. The van der Waals surface area contributed by atoms with Crippen LogP contribution in [0.3, 0.4) is 0 Å². The number of benzene rings is 1. The monoisotopic (exact) mass is 278 g/mol. The predicted octanol–water partition coefficient (Wildman–Crippen LogP) is 3.94. The smallest absolute Gasteiger partial charge is 0.257 e. The van der Waals surface area contributed by atoms with Crippen molar-refractivity contribution in [2.24, 2.45) is 0 Å². The zero-order chi connectivity index (χ0) is 13.8. The molecule has 0 saturated carbocycles. The molecule has 0 atom stereocenters. The molecule has 0 N–H and O–H groups in total. The Bertz CT molecular complexity index is 570. The molecule has 0 aliphatic rings. The average Bonchev–Trinajstić information content (AvgIpc) is 2.38. The van der Waals surface area contributed by atoms with E-state index in [1.54, 1.807) is 12.1 Å². The maximum Gasteiger partial charge on any atom is 0.257 e. The summed E-state index contributed by atoms with van der Waals surface area (Å²) in [5, 5.41) is 0.261. The summed E-state index contributed by atoms with van der Waals surface area (Å²) in [6, 6.07) is 7.28. The maximum absolute atomic E-state index is 6.01. The third-order valence-corrected chi connectivity index (χ3v) is 2.83. The number of aryl methyl sites for hydroxylation is 2. The van der Waals surface area contributed by atoms with Crippen molar-refractivity contribution < 1.29 is 9.47 Å². The SMILES string of the molecule is CCOc1ccc(Oc2nc(C)c(C)nc2Cl)cc1. The predicted molar refractivity (Wildman–Crippen MR) is 74.2 cm³/mol.